The van der Waals surface area contributed by atoms with Crippen LogP contribution >= 0.6 is 15.9 Å². The number of methoxy groups -OCH3 is 1. The Morgan fingerprint density at radius 1 is 1.30 bits per heavy atom. The van der Waals surface area contributed by atoms with Crippen LogP contribution in [0.25, 0.3) is 0 Å². The van der Waals surface area contributed by atoms with Gasteiger partial charge in [-0.15, -0.1) is 0 Å². The second kappa shape index (κ2) is 6.86. The first kappa shape index (κ1) is 15.0. The average Bonchev–Trinajstić information content (AvgIpc) is 2.45. The van der Waals surface area contributed by atoms with Crippen LogP contribution < -0.4 is 10.1 Å². The number of halogens is 1. The maximum atomic E-state index is 5.26. The lowest BCUT2D eigenvalue weighted by atomic mass is 10.0. The molecular formula is C16H19BrN2O. The molecule has 3 nitrogen and oxygen atoms in total. The highest BCUT2D eigenvalue weighted by Crippen LogP contribution is 2.27. The van der Waals surface area contributed by atoms with Crippen molar-refractivity contribution in [3.8, 4) is 5.75 Å². The van der Waals surface area contributed by atoms with Gasteiger partial charge >= 0.3 is 0 Å². The third-order valence-electron chi connectivity index (χ3n) is 3.30. The monoisotopic (exact) mass is 334 g/mol. The number of ether oxygens (including phenoxy) is 1. The Kier molecular flexibility index (Phi) is 5.15. The van der Waals surface area contributed by atoms with Crippen molar-refractivity contribution in [3.63, 3.8) is 0 Å². The van der Waals surface area contributed by atoms with Crippen LogP contribution in [0.15, 0.2) is 41.0 Å². The van der Waals surface area contributed by atoms with Crippen molar-refractivity contribution in [1.82, 2.24) is 10.3 Å². The van der Waals surface area contributed by atoms with E-state index in [0.717, 1.165) is 22.3 Å². The van der Waals surface area contributed by atoms with Gasteiger partial charge < -0.3 is 10.1 Å². The quantitative estimate of drug-likeness (QED) is 0.905. The molecule has 4 heteroatoms. The number of benzene rings is 1. The minimum absolute atomic E-state index is 0.204. The summed E-state index contributed by atoms with van der Waals surface area (Å²) >= 11 is 3.53. The van der Waals surface area contributed by atoms with Gasteiger partial charge in [-0.2, -0.15) is 0 Å². The zero-order chi connectivity index (χ0) is 14.5. The molecule has 0 aliphatic rings. The number of pyridine rings is 1. The van der Waals surface area contributed by atoms with Gasteiger partial charge in [-0.25, -0.2) is 0 Å². The lowest BCUT2D eigenvalue weighted by molar-refractivity contribution is 0.412. The first-order chi connectivity index (χ1) is 9.63. The number of rotatable bonds is 5. The molecule has 0 saturated heterocycles. The molecule has 20 heavy (non-hydrogen) atoms. The van der Waals surface area contributed by atoms with E-state index in [9.17, 15) is 0 Å². The van der Waals surface area contributed by atoms with Crippen LogP contribution in [0, 0.1) is 6.92 Å². The molecule has 106 valence electrons. The summed E-state index contributed by atoms with van der Waals surface area (Å²) in [5.74, 6) is 0.850. The molecule has 1 atom stereocenters. The molecule has 1 N–H and O–H groups in total. The van der Waals surface area contributed by atoms with Crippen LogP contribution in [0.5, 0.6) is 5.75 Å². The van der Waals surface area contributed by atoms with Crippen molar-refractivity contribution >= 4 is 15.9 Å². The van der Waals surface area contributed by atoms with Crippen LogP contribution in [0.1, 0.15) is 22.9 Å². The number of nitrogens with zero attached hydrogens (tertiary/aromatic N) is 1. The van der Waals surface area contributed by atoms with Crippen molar-refractivity contribution < 1.29 is 4.74 Å². The van der Waals surface area contributed by atoms with Gasteiger partial charge in [0.25, 0.3) is 0 Å². The summed E-state index contributed by atoms with van der Waals surface area (Å²) in [4.78, 5) is 4.46. The minimum atomic E-state index is 0.204. The molecule has 1 heterocycles. The molecule has 0 aliphatic carbocycles. The van der Waals surface area contributed by atoms with E-state index >= 15 is 0 Å². The number of aromatic nitrogens is 1. The zero-order valence-electron chi connectivity index (χ0n) is 12.0. The molecule has 1 unspecified atom stereocenters. The topological polar surface area (TPSA) is 34.1 Å². The molecule has 0 bridgehead atoms. The predicted molar refractivity (Wildman–Crippen MR) is 85.2 cm³/mol. The first-order valence-corrected chi connectivity index (χ1v) is 7.35. The van der Waals surface area contributed by atoms with Gasteiger partial charge in [0.2, 0.25) is 0 Å². The van der Waals surface area contributed by atoms with Gasteiger partial charge in [0.05, 0.1) is 23.3 Å². The Hall–Kier alpha value is -1.39. The maximum Gasteiger partial charge on any atom is 0.133 e. The van der Waals surface area contributed by atoms with Crippen LogP contribution in [0.4, 0.5) is 0 Å². The fraction of sp³-hybridized carbons (Fsp3) is 0.312. The Bertz CT molecular complexity index is 586. The highest BCUT2D eigenvalue weighted by Gasteiger charge is 2.12. The van der Waals surface area contributed by atoms with Gasteiger partial charge in [-0.1, -0.05) is 6.07 Å². The minimum Gasteiger partial charge on any atom is -0.496 e. The summed E-state index contributed by atoms with van der Waals surface area (Å²) < 4.78 is 6.23. The van der Waals surface area contributed by atoms with E-state index in [2.05, 4.69) is 51.4 Å². The van der Waals surface area contributed by atoms with Crippen LogP contribution in [0.2, 0.25) is 0 Å². The van der Waals surface area contributed by atoms with E-state index in [1.54, 1.807) is 7.11 Å². The molecule has 1 aromatic heterocycles. The fourth-order valence-corrected chi connectivity index (χ4v) is 2.77. The van der Waals surface area contributed by atoms with Gasteiger partial charge in [-0.3, -0.25) is 4.98 Å². The van der Waals surface area contributed by atoms with Crippen LogP contribution in [-0.4, -0.2) is 19.1 Å². The number of nitrogens with one attached hydrogen (secondary N) is 1. The summed E-state index contributed by atoms with van der Waals surface area (Å²) in [6, 6.07) is 10.5. The number of likely N-dealkylation sites (N-methyl/N-ethyl adjacent to an activating group) is 1. The molecule has 0 amide bonds. The predicted octanol–water partition coefficient (Wildman–Crippen LogP) is 3.66. The van der Waals surface area contributed by atoms with Crippen molar-refractivity contribution in [2.24, 2.45) is 0 Å². The standard InChI is InChI=1S/C16H19BrN2O/c1-11-6-7-19-15(8-11)14(18-2)10-12-4-5-16(20-3)13(17)9-12/h4-9,14,18H,10H2,1-3H3. The lowest BCUT2D eigenvalue weighted by Crippen LogP contribution is -2.20. The molecule has 0 spiro atoms. The molecule has 0 saturated carbocycles. The Labute approximate surface area is 128 Å². The Morgan fingerprint density at radius 2 is 2.10 bits per heavy atom. The highest BCUT2D eigenvalue weighted by molar-refractivity contribution is 9.10. The second-order valence-corrected chi connectivity index (χ2v) is 5.63. The third-order valence-corrected chi connectivity index (χ3v) is 3.92. The Balaban J connectivity index is 2.20. The molecule has 0 radical (unpaired) electrons. The third kappa shape index (κ3) is 3.58. The van der Waals surface area contributed by atoms with Gasteiger partial charge in [-0.05, 0) is 71.7 Å². The van der Waals surface area contributed by atoms with Gasteiger partial charge in [0.15, 0.2) is 0 Å². The summed E-state index contributed by atoms with van der Waals surface area (Å²) in [5, 5.41) is 3.33. The van der Waals surface area contributed by atoms with E-state index in [-0.39, 0.29) is 6.04 Å². The van der Waals surface area contributed by atoms with Crippen molar-refractivity contribution in [1.29, 1.82) is 0 Å². The van der Waals surface area contributed by atoms with E-state index in [1.165, 1.54) is 11.1 Å². The fourth-order valence-electron chi connectivity index (χ4n) is 2.18. The maximum absolute atomic E-state index is 5.26. The smallest absolute Gasteiger partial charge is 0.133 e. The van der Waals surface area contributed by atoms with Crippen molar-refractivity contribution in [2.45, 2.75) is 19.4 Å². The molecule has 1 aromatic carbocycles. The van der Waals surface area contributed by atoms with Crippen molar-refractivity contribution in [2.75, 3.05) is 14.2 Å². The van der Waals surface area contributed by atoms with E-state index < -0.39 is 0 Å². The van der Waals surface area contributed by atoms with Gasteiger partial charge in [0, 0.05) is 6.20 Å². The summed E-state index contributed by atoms with van der Waals surface area (Å²) in [6.07, 6.45) is 2.74. The summed E-state index contributed by atoms with van der Waals surface area (Å²) in [6.45, 7) is 2.09. The highest BCUT2D eigenvalue weighted by atomic mass is 79.9. The Morgan fingerprint density at radius 3 is 2.70 bits per heavy atom. The van der Waals surface area contributed by atoms with Gasteiger partial charge in [0.1, 0.15) is 5.75 Å². The number of hydrogen-bond acceptors (Lipinski definition) is 3. The second-order valence-electron chi connectivity index (χ2n) is 4.77. The molecule has 2 aromatic rings. The summed E-state index contributed by atoms with van der Waals surface area (Å²) in [7, 11) is 3.64. The van der Waals surface area contributed by atoms with E-state index in [0.29, 0.717) is 0 Å². The van der Waals surface area contributed by atoms with E-state index in [1.807, 2.05) is 25.4 Å². The average molecular weight is 335 g/mol. The number of hydrogen-bond donors (Lipinski definition) is 1. The van der Waals surface area contributed by atoms with Crippen LogP contribution in [0.3, 0.4) is 0 Å². The molecule has 0 fully saturated rings. The first-order valence-electron chi connectivity index (χ1n) is 6.56. The zero-order valence-corrected chi connectivity index (χ0v) is 13.6. The van der Waals surface area contributed by atoms with Crippen LogP contribution in [-0.2, 0) is 6.42 Å². The molecule has 0 aliphatic heterocycles. The molecular weight excluding hydrogens is 316 g/mol. The number of aryl methyl sites for hydroxylation is 1. The SMILES string of the molecule is CNC(Cc1ccc(OC)c(Br)c1)c1cc(C)ccn1. The normalized spacial score (nSPS) is 12.2. The van der Waals surface area contributed by atoms with E-state index in [4.69, 9.17) is 4.74 Å². The molecule has 2 rings (SSSR count). The largest absolute Gasteiger partial charge is 0.496 e. The lowest BCUT2D eigenvalue weighted by Gasteiger charge is -2.17. The van der Waals surface area contributed by atoms with Crippen molar-refractivity contribution in [3.05, 3.63) is 57.8 Å². The summed E-state index contributed by atoms with van der Waals surface area (Å²) in [5.41, 5.74) is 3.53.